The van der Waals surface area contributed by atoms with Gasteiger partial charge in [0.2, 0.25) is 15.9 Å². The Morgan fingerprint density at radius 2 is 1.78 bits per heavy atom. The van der Waals surface area contributed by atoms with Gasteiger partial charge in [0.1, 0.15) is 0 Å². The molecule has 104 valence electrons. The molecule has 0 bridgehead atoms. The van der Waals surface area contributed by atoms with Gasteiger partial charge in [-0.05, 0) is 0 Å². The minimum atomic E-state index is -3.73. The molecule has 0 radical (unpaired) electrons. The minimum Gasteiger partial charge on any atom is -0.480 e. The van der Waals surface area contributed by atoms with E-state index in [0.29, 0.717) is 13.1 Å². The first-order valence-corrected chi connectivity index (χ1v) is 7.08. The summed E-state index contributed by atoms with van der Waals surface area (Å²) in [4.78, 5) is 23.4. The van der Waals surface area contributed by atoms with Crippen LogP contribution in [-0.4, -0.2) is 80.1 Å². The van der Waals surface area contributed by atoms with Crippen molar-refractivity contribution in [2.24, 2.45) is 0 Å². The fraction of sp³-hybridized carbons (Fsp3) is 0.778. The summed E-state index contributed by atoms with van der Waals surface area (Å²) >= 11 is 0. The van der Waals surface area contributed by atoms with Crippen molar-refractivity contribution in [2.45, 2.75) is 0 Å². The predicted octanol–water partition coefficient (Wildman–Crippen LogP) is -2.24. The van der Waals surface area contributed by atoms with E-state index in [1.54, 1.807) is 0 Å². The number of carbonyl (C=O) groups is 2. The van der Waals surface area contributed by atoms with Gasteiger partial charge in [-0.25, -0.2) is 8.42 Å². The summed E-state index contributed by atoms with van der Waals surface area (Å²) in [6, 6.07) is 0. The topological polar surface area (TPSA) is 107 Å². The maximum atomic E-state index is 11.6. The number of carboxylic acid groups (broad SMARTS) is 1. The first kappa shape index (κ1) is 14.9. The summed E-state index contributed by atoms with van der Waals surface area (Å²) in [6.45, 7) is 1.50. The SMILES string of the molecule is CNC(=O)CN1CCN(S(=O)(=O)CC(=O)O)CC1. The van der Waals surface area contributed by atoms with Gasteiger partial charge in [0.25, 0.3) is 0 Å². The maximum Gasteiger partial charge on any atom is 0.320 e. The molecule has 0 aromatic heterocycles. The van der Waals surface area contributed by atoms with E-state index in [1.807, 2.05) is 4.90 Å². The Morgan fingerprint density at radius 1 is 1.22 bits per heavy atom. The van der Waals surface area contributed by atoms with Gasteiger partial charge >= 0.3 is 5.97 Å². The van der Waals surface area contributed by atoms with Crippen LogP contribution in [0.5, 0.6) is 0 Å². The number of hydrogen-bond acceptors (Lipinski definition) is 5. The predicted molar refractivity (Wildman–Crippen MR) is 63.5 cm³/mol. The third-order valence-corrected chi connectivity index (χ3v) is 4.44. The van der Waals surface area contributed by atoms with Crippen molar-refractivity contribution in [3.63, 3.8) is 0 Å². The molecule has 1 aliphatic rings. The van der Waals surface area contributed by atoms with Crippen LogP contribution in [0.1, 0.15) is 0 Å². The first-order chi connectivity index (χ1) is 8.35. The van der Waals surface area contributed by atoms with Crippen LogP contribution in [0.15, 0.2) is 0 Å². The monoisotopic (exact) mass is 279 g/mol. The zero-order valence-electron chi connectivity index (χ0n) is 10.1. The molecule has 0 saturated carbocycles. The van der Waals surface area contributed by atoms with E-state index < -0.39 is 21.7 Å². The summed E-state index contributed by atoms with van der Waals surface area (Å²) in [5, 5.41) is 11.0. The van der Waals surface area contributed by atoms with E-state index in [0.717, 1.165) is 4.31 Å². The van der Waals surface area contributed by atoms with Crippen molar-refractivity contribution in [2.75, 3.05) is 45.5 Å². The highest BCUT2D eigenvalue weighted by molar-refractivity contribution is 7.89. The lowest BCUT2D eigenvalue weighted by molar-refractivity contribution is -0.134. The quantitative estimate of drug-likeness (QED) is 0.589. The number of likely N-dealkylation sites (N-methyl/N-ethyl adjacent to an activating group) is 1. The fourth-order valence-corrected chi connectivity index (χ4v) is 2.91. The van der Waals surface area contributed by atoms with E-state index in [1.165, 1.54) is 7.05 Å². The van der Waals surface area contributed by atoms with Crippen LogP contribution in [0.25, 0.3) is 0 Å². The summed E-state index contributed by atoms with van der Waals surface area (Å²) in [6.07, 6.45) is 0. The molecule has 0 aliphatic carbocycles. The maximum absolute atomic E-state index is 11.6. The number of carbonyl (C=O) groups excluding carboxylic acids is 1. The molecule has 1 rings (SSSR count). The average Bonchev–Trinajstić information content (AvgIpc) is 2.28. The molecule has 8 nitrogen and oxygen atoms in total. The number of hydrogen-bond donors (Lipinski definition) is 2. The van der Waals surface area contributed by atoms with Crippen molar-refractivity contribution in [3.05, 3.63) is 0 Å². The van der Waals surface area contributed by atoms with Crippen LogP contribution < -0.4 is 5.32 Å². The molecular weight excluding hydrogens is 262 g/mol. The molecule has 18 heavy (non-hydrogen) atoms. The van der Waals surface area contributed by atoms with Gasteiger partial charge in [0.05, 0.1) is 6.54 Å². The fourth-order valence-electron chi connectivity index (χ4n) is 1.70. The van der Waals surface area contributed by atoms with E-state index in [2.05, 4.69) is 5.32 Å². The Balaban J connectivity index is 2.48. The summed E-state index contributed by atoms with van der Waals surface area (Å²) in [5.41, 5.74) is 0. The number of nitrogens with zero attached hydrogens (tertiary/aromatic N) is 2. The highest BCUT2D eigenvalue weighted by Crippen LogP contribution is 2.07. The smallest absolute Gasteiger partial charge is 0.320 e. The van der Waals surface area contributed by atoms with Crippen LogP contribution in [-0.2, 0) is 19.6 Å². The molecule has 0 atom stereocenters. The van der Waals surface area contributed by atoms with Gasteiger partial charge in [-0.1, -0.05) is 0 Å². The highest BCUT2D eigenvalue weighted by atomic mass is 32.2. The van der Waals surface area contributed by atoms with Gasteiger partial charge in [-0.15, -0.1) is 0 Å². The Hall–Kier alpha value is -1.19. The van der Waals surface area contributed by atoms with E-state index in [9.17, 15) is 18.0 Å². The van der Waals surface area contributed by atoms with Gasteiger partial charge in [-0.2, -0.15) is 4.31 Å². The Bertz CT molecular complexity index is 414. The standard InChI is InChI=1S/C9H17N3O5S/c1-10-8(13)6-11-2-4-12(5-3-11)18(16,17)7-9(14)15/h2-7H2,1H3,(H,10,13)(H,14,15). The molecule has 0 spiro atoms. The third-order valence-electron chi connectivity index (χ3n) is 2.68. The average molecular weight is 279 g/mol. The molecule has 1 heterocycles. The lowest BCUT2D eigenvalue weighted by Gasteiger charge is -2.33. The lowest BCUT2D eigenvalue weighted by Crippen LogP contribution is -2.51. The molecule has 1 amide bonds. The van der Waals surface area contributed by atoms with Crippen molar-refractivity contribution in [3.8, 4) is 0 Å². The van der Waals surface area contributed by atoms with Crippen molar-refractivity contribution in [1.82, 2.24) is 14.5 Å². The largest absolute Gasteiger partial charge is 0.480 e. The second-order valence-electron chi connectivity index (χ2n) is 4.00. The Labute approximate surface area is 106 Å². The van der Waals surface area contributed by atoms with Crippen LogP contribution in [0.3, 0.4) is 0 Å². The van der Waals surface area contributed by atoms with Crippen molar-refractivity contribution >= 4 is 21.9 Å². The molecule has 1 saturated heterocycles. The summed E-state index contributed by atoms with van der Waals surface area (Å²) in [7, 11) is -2.20. The molecule has 0 aromatic rings. The van der Waals surface area contributed by atoms with Gasteiger partial charge < -0.3 is 10.4 Å². The van der Waals surface area contributed by atoms with E-state index in [-0.39, 0.29) is 25.5 Å². The molecule has 0 aromatic carbocycles. The normalized spacial score (nSPS) is 18.5. The third kappa shape index (κ3) is 4.24. The molecule has 2 N–H and O–H groups in total. The summed E-state index contributed by atoms with van der Waals surface area (Å²) in [5.74, 6) is -2.37. The zero-order chi connectivity index (χ0) is 13.8. The van der Waals surface area contributed by atoms with Crippen LogP contribution >= 0.6 is 0 Å². The van der Waals surface area contributed by atoms with E-state index >= 15 is 0 Å². The van der Waals surface area contributed by atoms with Crippen LogP contribution in [0.4, 0.5) is 0 Å². The number of sulfonamides is 1. The number of carboxylic acids is 1. The van der Waals surface area contributed by atoms with Crippen LogP contribution in [0.2, 0.25) is 0 Å². The van der Waals surface area contributed by atoms with Crippen molar-refractivity contribution in [1.29, 1.82) is 0 Å². The highest BCUT2D eigenvalue weighted by Gasteiger charge is 2.29. The minimum absolute atomic E-state index is 0.128. The zero-order valence-corrected chi connectivity index (χ0v) is 10.9. The van der Waals surface area contributed by atoms with Gasteiger partial charge in [0, 0.05) is 33.2 Å². The molecule has 1 fully saturated rings. The molecule has 1 aliphatic heterocycles. The van der Waals surface area contributed by atoms with E-state index in [4.69, 9.17) is 5.11 Å². The molecule has 0 unspecified atom stereocenters. The lowest BCUT2D eigenvalue weighted by atomic mass is 10.3. The van der Waals surface area contributed by atoms with Gasteiger partial charge in [-0.3, -0.25) is 14.5 Å². The molecular formula is C9H17N3O5S. The number of nitrogens with one attached hydrogen (secondary N) is 1. The molecule has 9 heteroatoms. The summed E-state index contributed by atoms with van der Waals surface area (Å²) < 4.78 is 24.4. The van der Waals surface area contributed by atoms with Crippen molar-refractivity contribution < 1.29 is 23.1 Å². The second-order valence-corrected chi connectivity index (χ2v) is 5.97. The number of amides is 1. The van der Waals surface area contributed by atoms with Crippen LogP contribution in [0, 0.1) is 0 Å². The number of piperazine rings is 1. The van der Waals surface area contributed by atoms with Gasteiger partial charge in [0.15, 0.2) is 5.75 Å². The number of aliphatic carboxylic acids is 1. The Morgan fingerprint density at radius 3 is 2.22 bits per heavy atom. The first-order valence-electron chi connectivity index (χ1n) is 5.47. The Kier molecular flexibility index (Phi) is 5.05. The second kappa shape index (κ2) is 6.12. The number of rotatable bonds is 5.